The van der Waals surface area contributed by atoms with E-state index in [1.807, 2.05) is 0 Å². The molecule has 4 atom stereocenters. The molecular formula is C15H28N2O3. The van der Waals surface area contributed by atoms with Gasteiger partial charge in [-0.1, -0.05) is 6.92 Å². The fraction of sp³-hybridized carbons (Fsp3) is 1.00. The maximum absolute atomic E-state index is 6.31. The Labute approximate surface area is 121 Å². The monoisotopic (exact) mass is 284 g/mol. The summed E-state index contributed by atoms with van der Waals surface area (Å²) in [4.78, 5) is 2.42. The second-order valence-electron chi connectivity index (χ2n) is 6.92. The van der Waals surface area contributed by atoms with Crippen molar-refractivity contribution < 1.29 is 14.2 Å². The molecule has 0 aliphatic carbocycles. The lowest BCUT2D eigenvalue weighted by Crippen LogP contribution is -2.47. The van der Waals surface area contributed by atoms with Crippen LogP contribution in [0.1, 0.15) is 34.1 Å². The molecule has 3 aliphatic heterocycles. The third-order valence-corrected chi connectivity index (χ3v) is 4.90. The van der Waals surface area contributed by atoms with E-state index in [9.17, 15) is 0 Å². The molecular weight excluding hydrogens is 256 g/mol. The molecule has 0 aromatic carbocycles. The normalized spacial score (nSPS) is 44.7. The zero-order valence-corrected chi connectivity index (χ0v) is 13.1. The van der Waals surface area contributed by atoms with Crippen LogP contribution in [0.25, 0.3) is 0 Å². The van der Waals surface area contributed by atoms with Gasteiger partial charge in [-0.25, -0.2) is 0 Å². The van der Waals surface area contributed by atoms with Crippen molar-refractivity contribution in [1.29, 1.82) is 0 Å². The molecule has 20 heavy (non-hydrogen) atoms. The largest absolute Gasteiger partial charge is 0.366 e. The van der Waals surface area contributed by atoms with Crippen molar-refractivity contribution in [2.24, 2.45) is 0 Å². The molecule has 0 bridgehead atoms. The number of fused-ring (bicyclic) bond motifs is 1. The summed E-state index contributed by atoms with van der Waals surface area (Å²) in [7, 11) is 0. The zero-order valence-electron chi connectivity index (χ0n) is 13.1. The molecule has 3 rings (SSSR count). The van der Waals surface area contributed by atoms with Crippen LogP contribution >= 0.6 is 0 Å². The number of hydrogen-bond acceptors (Lipinski definition) is 5. The van der Waals surface area contributed by atoms with Gasteiger partial charge in [0.25, 0.3) is 0 Å². The lowest BCUT2D eigenvalue weighted by molar-refractivity contribution is -0.173. The number of nitrogens with zero attached hydrogens (tertiary/aromatic N) is 1. The molecule has 3 aliphatic rings. The van der Waals surface area contributed by atoms with Crippen LogP contribution in [0.2, 0.25) is 0 Å². The Morgan fingerprint density at radius 3 is 2.50 bits per heavy atom. The van der Waals surface area contributed by atoms with Crippen LogP contribution in [0.4, 0.5) is 0 Å². The highest BCUT2D eigenvalue weighted by Gasteiger charge is 2.63. The van der Waals surface area contributed by atoms with Crippen LogP contribution in [0.5, 0.6) is 0 Å². The minimum atomic E-state index is -0.309. The van der Waals surface area contributed by atoms with Gasteiger partial charge in [-0.05, 0) is 27.2 Å². The molecule has 3 heterocycles. The molecule has 3 fully saturated rings. The number of piperazine rings is 1. The summed E-state index contributed by atoms with van der Waals surface area (Å²) in [5, 5.41) is 3.37. The van der Waals surface area contributed by atoms with Gasteiger partial charge in [0.1, 0.15) is 11.7 Å². The molecule has 0 aromatic rings. The van der Waals surface area contributed by atoms with Crippen molar-refractivity contribution in [3.05, 3.63) is 0 Å². The minimum absolute atomic E-state index is 0.0212. The van der Waals surface area contributed by atoms with Gasteiger partial charge in [-0.15, -0.1) is 0 Å². The van der Waals surface area contributed by atoms with Gasteiger partial charge in [0.15, 0.2) is 6.29 Å². The molecule has 0 radical (unpaired) electrons. The summed E-state index contributed by atoms with van der Waals surface area (Å²) >= 11 is 0. The van der Waals surface area contributed by atoms with E-state index in [1.165, 1.54) is 0 Å². The quantitative estimate of drug-likeness (QED) is 0.837. The maximum Gasteiger partial charge on any atom is 0.171 e. The van der Waals surface area contributed by atoms with E-state index in [4.69, 9.17) is 14.2 Å². The molecule has 0 saturated carbocycles. The van der Waals surface area contributed by atoms with Crippen molar-refractivity contribution in [1.82, 2.24) is 10.2 Å². The van der Waals surface area contributed by atoms with E-state index < -0.39 is 0 Å². The van der Waals surface area contributed by atoms with E-state index in [0.29, 0.717) is 0 Å². The number of nitrogens with one attached hydrogen (secondary N) is 1. The molecule has 3 saturated heterocycles. The highest BCUT2D eigenvalue weighted by atomic mass is 16.8. The van der Waals surface area contributed by atoms with Crippen molar-refractivity contribution >= 4 is 0 Å². The summed E-state index contributed by atoms with van der Waals surface area (Å²) in [5.74, 6) is 0. The predicted molar refractivity (Wildman–Crippen MR) is 76.7 cm³/mol. The zero-order chi connectivity index (χ0) is 14.4. The molecule has 5 heteroatoms. The third kappa shape index (κ3) is 2.40. The van der Waals surface area contributed by atoms with Gasteiger partial charge < -0.3 is 19.5 Å². The molecule has 0 aromatic heterocycles. The Kier molecular flexibility index (Phi) is 3.84. The van der Waals surface area contributed by atoms with Gasteiger partial charge in [0, 0.05) is 32.7 Å². The van der Waals surface area contributed by atoms with E-state index in [0.717, 1.165) is 39.1 Å². The summed E-state index contributed by atoms with van der Waals surface area (Å²) in [6.07, 6.45) is 0.976. The highest BCUT2D eigenvalue weighted by Crippen LogP contribution is 2.48. The first kappa shape index (κ1) is 14.7. The number of rotatable bonds is 3. The van der Waals surface area contributed by atoms with Crippen LogP contribution in [0.3, 0.4) is 0 Å². The van der Waals surface area contributed by atoms with Crippen LogP contribution in [0.15, 0.2) is 0 Å². The van der Waals surface area contributed by atoms with Crippen molar-refractivity contribution in [3.63, 3.8) is 0 Å². The fourth-order valence-electron chi connectivity index (χ4n) is 3.98. The first-order valence-corrected chi connectivity index (χ1v) is 7.90. The van der Waals surface area contributed by atoms with Gasteiger partial charge in [0.2, 0.25) is 0 Å². The second kappa shape index (κ2) is 5.21. The van der Waals surface area contributed by atoms with Crippen LogP contribution in [-0.4, -0.2) is 67.3 Å². The van der Waals surface area contributed by atoms with Crippen molar-refractivity contribution in [2.45, 2.75) is 63.8 Å². The first-order valence-electron chi connectivity index (χ1n) is 7.90. The highest BCUT2D eigenvalue weighted by molar-refractivity contribution is 5.10. The van der Waals surface area contributed by atoms with Crippen molar-refractivity contribution in [2.75, 3.05) is 32.7 Å². The minimum Gasteiger partial charge on any atom is -0.366 e. The lowest BCUT2D eigenvalue weighted by Gasteiger charge is -2.31. The molecule has 1 unspecified atom stereocenters. The van der Waals surface area contributed by atoms with Crippen molar-refractivity contribution in [3.8, 4) is 0 Å². The third-order valence-electron chi connectivity index (χ3n) is 4.90. The first-order chi connectivity index (χ1) is 9.45. The van der Waals surface area contributed by atoms with E-state index in [2.05, 4.69) is 37.9 Å². The predicted octanol–water partition coefficient (Wildman–Crippen LogP) is 0.979. The van der Waals surface area contributed by atoms with Gasteiger partial charge in [-0.2, -0.15) is 0 Å². The number of ether oxygens (including phenoxy) is 3. The Morgan fingerprint density at radius 1 is 1.15 bits per heavy atom. The van der Waals surface area contributed by atoms with E-state index in [1.54, 1.807) is 0 Å². The molecule has 0 spiro atoms. The Hall–Kier alpha value is -0.200. The Morgan fingerprint density at radius 2 is 1.85 bits per heavy atom. The summed E-state index contributed by atoms with van der Waals surface area (Å²) in [6.45, 7) is 13.6. The average Bonchev–Trinajstić information content (AvgIpc) is 2.83. The molecule has 1 N–H and O–H groups in total. The van der Waals surface area contributed by atoms with Crippen LogP contribution in [-0.2, 0) is 14.2 Å². The molecule has 5 nitrogen and oxygen atoms in total. The van der Waals surface area contributed by atoms with Gasteiger partial charge in [0.05, 0.1) is 11.7 Å². The maximum atomic E-state index is 6.31. The summed E-state index contributed by atoms with van der Waals surface area (Å²) < 4.78 is 18.7. The standard InChI is InChI=1S/C15H28N2O3/c1-5-11-15(4)13(14(2,3)19-11)18-12(20-15)10-17-8-6-16-7-9-17/h11-13,16H,5-10H2,1-4H3/t11-,12-,13+,15?/m1/s1. The molecule has 0 amide bonds. The van der Waals surface area contributed by atoms with E-state index >= 15 is 0 Å². The smallest absolute Gasteiger partial charge is 0.171 e. The molecule has 116 valence electrons. The number of hydrogen-bond donors (Lipinski definition) is 1. The topological polar surface area (TPSA) is 43.0 Å². The Balaban J connectivity index is 1.67. The summed E-state index contributed by atoms with van der Waals surface area (Å²) in [6, 6.07) is 0. The lowest BCUT2D eigenvalue weighted by atomic mass is 9.87. The Bertz CT molecular complexity index is 357. The van der Waals surface area contributed by atoms with Gasteiger partial charge in [-0.3, -0.25) is 4.90 Å². The van der Waals surface area contributed by atoms with Crippen LogP contribution in [0, 0.1) is 0 Å². The van der Waals surface area contributed by atoms with E-state index in [-0.39, 0.29) is 29.7 Å². The van der Waals surface area contributed by atoms with Crippen LogP contribution < -0.4 is 5.32 Å². The fourth-order valence-corrected chi connectivity index (χ4v) is 3.98. The SMILES string of the molecule is CC[C@H]1OC(C)(C)[C@@H]2O[C@@H](CN3CCNCC3)OC12C. The summed E-state index contributed by atoms with van der Waals surface area (Å²) in [5.41, 5.74) is -0.579. The van der Waals surface area contributed by atoms with Gasteiger partial charge >= 0.3 is 0 Å². The average molecular weight is 284 g/mol. The second-order valence-corrected chi connectivity index (χ2v) is 6.92.